The van der Waals surface area contributed by atoms with Crippen molar-refractivity contribution in [3.8, 4) is 11.5 Å². The summed E-state index contributed by atoms with van der Waals surface area (Å²) >= 11 is 5.68. The summed E-state index contributed by atoms with van der Waals surface area (Å²) in [6.45, 7) is 2.69. The van der Waals surface area contributed by atoms with E-state index in [1.54, 1.807) is 50.2 Å². The molecule has 17 heteroatoms. The number of imidazole rings is 2. The maximum atomic E-state index is 13.4. The number of hydrogen-bond acceptors (Lipinski definition) is 12. The van der Waals surface area contributed by atoms with Crippen LogP contribution in [-0.2, 0) is 22.6 Å². The van der Waals surface area contributed by atoms with Gasteiger partial charge in [0, 0.05) is 31.3 Å². The van der Waals surface area contributed by atoms with Crippen molar-refractivity contribution in [1.82, 2.24) is 34.5 Å². The first-order valence-electron chi connectivity index (χ1n) is 14.9. The molecule has 3 N–H and O–H groups in total. The molecule has 53 heavy (non-hydrogen) atoms. The first kappa shape index (κ1) is 45.2. The highest BCUT2D eigenvalue weighted by atomic mass is 35.5. The Bertz CT molecular complexity index is 2110. The lowest BCUT2D eigenvalue weighted by atomic mass is 10.2. The second-order valence-corrected chi connectivity index (χ2v) is 10.7. The molecule has 286 valence electrons. The lowest BCUT2D eigenvalue weighted by Gasteiger charge is -2.19. The zero-order valence-corrected chi connectivity index (χ0v) is 28.1. The number of hydrogen-bond donors (Lipinski definition) is 3. The Morgan fingerprint density at radius 2 is 1.36 bits per heavy atom. The molecule has 0 amide bonds. The quantitative estimate of drug-likeness (QED) is 0.140. The van der Waals surface area contributed by atoms with Crippen LogP contribution in [-0.4, -0.2) is 79.2 Å². The van der Waals surface area contributed by atoms with Gasteiger partial charge in [-0.1, -0.05) is 33.9 Å². The van der Waals surface area contributed by atoms with Gasteiger partial charge < -0.3 is 29.9 Å². The van der Waals surface area contributed by atoms with Crippen LogP contribution in [0.15, 0.2) is 73.1 Å². The predicted octanol–water partition coefficient (Wildman–Crippen LogP) is 6.72. The summed E-state index contributed by atoms with van der Waals surface area (Å²) in [4.78, 5) is 33.0. The number of esters is 2. The van der Waals surface area contributed by atoms with Gasteiger partial charge in [-0.05, 0) is 74.6 Å². The van der Waals surface area contributed by atoms with E-state index in [4.69, 9.17) is 21.4 Å². The second-order valence-electron chi connectivity index (χ2n) is 10.3. The number of benzene rings is 2. The van der Waals surface area contributed by atoms with Crippen molar-refractivity contribution < 1.29 is 38.1 Å². The summed E-state index contributed by atoms with van der Waals surface area (Å²) in [6, 6.07) is 14.4. The third-order valence-electron chi connectivity index (χ3n) is 6.81. The van der Waals surface area contributed by atoms with Gasteiger partial charge in [0.15, 0.2) is 22.7 Å². The summed E-state index contributed by atoms with van der Waals surface area (Å²) < 4.78 is 38.2. The first-order chi connectivity index (χ1) is 23.9. The van der Waals surface area contributed by atoms with Crippen molar-refractivity contribution in [3.63, 3.8) is 0 Å². The average Bonchev–Trinajstić information content (AvgIpc) is 3.72. The molecule has 6 aromatic rings. The number of rotatable bonds is 8. The third-order valence-corrected chi connectivity index (χ3v) is 7.01. The lowest BCUT2D eigenvalue weighted by Crippen LogP contribution is -2.19. The van der Waals surface area contributed by atoms with Gasteiger partial charge in [-0.2, -0.15) is 5.10 Å². The maximum absolute atomic E-state index is 13.4. The van der Waals surface area contributed by atoms with Crippen LogP contribution in [0.4, 0.5) is 14.6 Å². The summed E-state index contributed by atoms with van der Waals surface area (Å²) in [6.07, 6.45) is 2.80. The molecule has 0 spiro atoms. The lowest BCUT2D eigenvalue weighted by molar-refractivity contribution is 0.0515. The van der Waals surface area contributed by atoms with Crippen molar-refractivity contribution in [2.24, 2.45) is 0 Å². The summed E-state index contributed by atoms with van der Waals surface area (Å²) in [5.41, 5.74) is 2.54. The van der Waals surface area contributed by atoms with Gasteiger partial charge in [0.05, 0.1) is 26.1 Å². The number of phenols is 2. The fourth-order valence-electron chi connectivity index (χ4n) is 4.41. The molecule has 4 heterocycles. The van der Waals surface area contributed by atoms with Gasteiger partial charge in [0.25, 0.3) is 0 Å². The molecule has 4 aromatic heterocycles. The molecule has 0 fully saturated rings. The average molecular weight is 759 g/mol. The minimum absolute atomic E-state index is 0. The number of anilines is 1. The number of methoxy groups -OCH3 is 1. The number of phenolic OH excluding ortho intramolecular Hbond substituents is 2. The zero-order valence-electron chi connectivity index (χ0n) is 27.3. The number of carbonyl (C=O) groups excluding carboxylic acids is 2. The summed E-state index contributed by atoms with van der Waals surface area (Å²) in [5, 5.41) is 30.4. The molecule has 0 aliphatic carbocycles. The van der Waals surface area contributed by atoms with E-state index < -0.39 is 17.8 Å². The number of aromatic hydroxyl groups is 2. The molecule has 0 aliphatic heterocycles. The van der Waals surface area contributed by atoms with E-state index in [1.807, 2.05) is 0 Å². The highest BCUT2D eigenvalue weighted by Crippen LogP contribution is 2.22. The van der Waals surface area contributed by atoms with Gasteiger partial charge in [-0.25, -0.2) is 37.4 Å². The fourth-order valence-corrected chi connectivity index (χ4v) is 4.55. The van der Waals surface area contributed by atoms with Gasteiger partial charge in [0.2, 0.25) is 0 Å². The van der Waals surface area contributed by atoms with Crippen molar-refractivity contribution >= 4 is 40.7 Å². The molecule has 2 aromatic carbocycles. The topological polar surface area (TPSA) is 169 Å². The first-order valence-corrected chi connectivity index (χ1v) is 15.2. The van der Waals surface area contributed by atoms with E-state index >= 15 is 0 Å². The van der Waals surface area contributed by atoms with Crippen LogP contribution >= 0.6 is 11.6 Å². The SMILES string of the molecule is C.C.C.CCOC(=O)c1cnc2ccc(N(C)Cc3cc(F)ccc3O)nn12.CNCc1cc(F)ccc1O.COC(=O)c1cnc2ccc(Cl)nn12. The normalized spacial score (nSPS) is 9.94. The molecule has 0 aliphatic rings. The largest absolute Gasteiger partial charge is 0.508 e. The Morgan fingerprint density at radius 1 is 0.830 bits per heavy atom. The molecule has 0 saturated carbocycles. The molecule has 0 radical (unpaired) electrons. The van der Waals surface area contributed by atoms with E-state index in [2.05, 4.69) is 30.2 Å². The zero-order chi connectivity index (χ0) is 36.4. The van der Waals surface area contributed by atoms with Crippen LogP contribution in [0.3, 0.4) is 0 Å². The third kappa shape index (κ3) is 11.6. The number of fused-ring (bicyclic) bond motifs is 2. The molecular weight excluding hydrogens is 714 g/mol. The van der Waals surface area contributed by atoms with Crippen molar-refractivity contribution in [1.29, 1.82) is 0 Å². The van der Waals surface area contributed by atoms with Gasteiger partial charge in [-0.3, -0.25) is 0 Å². The van der Waals surface area contributed by atoms with Crippen LogP contribution < -0.4 is 10.2 Å². The maximum Gasteiger partial charge on any atom is 0.358 e. The standard InChI is InChI=1S/C17H17FN4O3.C8H6ClN3O2.C8H10FNO.3CH4/c1-3-25-17(24)13-9-19-15-6-7-16(20-22(13)15)21(2)10-11-8-12(18)4-5-14(11)23;1-14-8(13)5-4-10-7-3-2-6(9)11-12(5)7;1-10-5-6-4-7(9)2-3-8(6)11;;;/h4-9,23H,3,10H2,1-2H3;2-4H,1H3;2-4,10-11H,5H2,1H3;3*1H4. The van der Waals surface area contributed by atoms with Gasteiger partial charge in [-0.15, -0.1) is 5.10 Å². The molecule has 0 unspecified atom stereocenters. The van der Waals surface area contributed by atoms with Crippen molar-refractivity contribution in [2.45, 2.75) is 42.3 Å². The monoisotopic (exact) mass is 758 g/mol. The van der Waals surface area contributed by atoms with Crippen LogP contribution in [0.2, 0.25) is 5.15 Å². The molecule has 0 saturated heterocycles. The van der Waals surface area contributed by atoms with Crippen LogP contribution in [0.25, 0.3) is 11.3 Å². The highest BCUT2D eigenvalue weighted by Gasteiger charge is 2.16. The Hall–Kier alpha value is -5.87. The molecule has 6 rings (SSSR count). The number of halogens is 3. The summed E-state index contributed by atoms with van der Waals surface area (Å²) in [5.74, 6) is -1.10. The van der Waals surface area contributed by atoms with Gasteiger partial charge >= 0.3 is 11.9 Å². The highest BCUT2D eigenvalue weighted by molar-refractivity contribution is 6.29. The second kappa shape index (κ2) is 20.8. The van der Waals surface area contributed by atoms with Crippen molar-refractivity contribution in [2.75, 3.05) is 32.7 Å². The van der Waals surface area contributed by atoms with E-state index in [9.17, 15) is 23.5 Å². The number of ether oxygens (including phenoxy) is 2. The van der Waals surface area contributed by atoms with Crippen LogP contribution in [0, 0.1) is 11.6 Å². The van der Waals surface area contributed by atoms with E-state index in [0.717, 1.165) is 0 Å². The summed E-state index contributed by atoms with van der Waals surface area (Å²) in [7, 11) is 4.79. The van der Waals surface area contributed by atoms with Gasteiger partial charge in [0.1, 0.15) is 34.1 Å². The smallest absolute Gasteiger partial charge is 0.358 e. The van der Waals surface area contributed by atoms with E-state index in [-0.39, 0.29) is 64.1 Å². The minimum atomic E-state index is -0.509. The fraction of sp³-hybridized carbons (Fsp3) is 0.278. The molecule has 0 atom stereocenters. The van der Waals surface area contributed by atoms with Crippen molar-refractivity contribution in [3.05, 3.63) is 112 Å². The molecule has 14 nitrogen and oxygen atoms in total. The number of nitrogens with one attached hydrogen (secondary N) is 1. The number of aromatic nitrogens is 6. The van der Waals surface area contributed by atoms with Crippen LogP contribution in [0.1, 0.15) is 61.3 Å². The minimum Gasteiger partial charge on any atom is -0.508 e. The Balaban J connectivity index is 0.000000427. The predicted molar refractivity (Wildman–Crippen MR) is 199 cm³/mol. The van der Waals surface area contributed by atoms with Crippen LogP contribution in [0.5, 0.6) is 11.5 Å². The van der Waals surface area contributed by atoms with E-state index in [0.29, 0.717) is 39.9 Å². The number of carbonyl (C=O) groups is 2. The number of nitrogens with zero attached hydrogens (tertiary/aromatic N) is 7. The molecular formula is C36H45ClF2N8O6. The molecule has 0 bridgehead atoms. The Kier molecular flexibility index (Phi) is 17.8. The Morgan fingerprint density at radius 3 is 1.92 bits per heavy atom. The Labute approximate surface area is 311 Å². The van der Waals surface area contributed by atoms with E-state index in [1.165, 1.54) is 64.9 Å².